The maximum atomic E-state index is 6.45. The van der Waals surface area contributed by atoms with Gasteiger partial charge in [-0.1, -0.05) is 6.42 Å². The molecule has 0 aromatic heterocycles. The molecular weight excluding hydrogens is 212 g/mol. The standard InChI is InChI=1S/C14H24N2O/c1-2-11-10-15-14(17-13(11)3-1)6-8-16(9-7-14)12-4-5-12/h11-13,15H,1-10H2. The van der Waals surface area contributed by atoms with Crippen molar-refractivity contribution in [1.82, 2.24) is 10.2 Å². The molecule has 2 saturated heterocycles. The van der Waals surface area contributed by atoms with Crippen LogP contribution in [0.2, 0.25) is 0 Å². The number of fused-ring (bicyclic) bond motifs is 1. The lowest BCUT2D eigenvalue weighted by Gasteiger charge is -2.48. The first kappa shape index (κ1) is 10.8. The lowest BCUT2D eigenvalue weighted by atomic mass is 9.94. The van der Waals surface area contributed by atoms with Gasteiger partial charge in [0, 0.05) is 38.5 Å². The number of hydrogen-bond acceptors (Lipinski definition) is 3. The molecule has 1 N–H and O–H groups in total. The van der Waals surface area contributed by atoms with Crippen LogP contribution in [0, 0.1) is 5.92 Å². The van der Waals surface area contributed by atoms with Crippen molar-refractivity contribution >= 4 is 0 Å². The first-order chi connectivity index (χ1) is 8.35. The average Bonchev–Trinajstić information content (AvgIpc) is 3.09. The Morgan fingerprint density at radius 3 is 2.65 bits per heavy atom. The quantitative estimate of drug-likeness (QED) is 0.750. The number of rotatable bonds is 1. The number of piperidine rings is 1. The van der Waals surface area contributed by atoms with Gasteiger partial charge in [0.25, 0.3) is 0 Å². The van der Waals surface area contributed by atoms with E-state index in [0.717, 1.165) is 12.0 Å². The Labute approximate surface area is 104 Å². The first-order valence-corrected chi connectivity index (χ1v) is 7.52. The highest BCUT2D eigenvalue weighted by atomic mass is 16.5. The molecule has 17 heavy (non-hydrogen) atoms. The van der Waals surface area contributed by atoms with Crippen LogP contribution >= 0.6 is 0 Å². The Hall–Kier alpha value is -0.120. The smallest absolute Gasteiger partial charge is 0.122 e. The van der Waals surface area contributed by atoms with E-state index in [1.165, 1.54) is 64.6 Å². The zero-order valence-corrected chi connectivity index (χ0v) is 10.7. The van der Waals surface area contributed by atoms with E-state index in [0.29, 0.717) is 6.10 Å². The molecule has 0 radical (unpaired) electrons. The average molecular weight is 236 g/mol. The van der Waals surface area contributed by atoms with Crippen molar-refractivity contribution in [2.75, 3.05) is 19.6 Å². The molecule has 2 aliphatic heterocycles. The molecule has 1 spiro atoms. The number of ether oxygens (including phenoxy) is 1. The van der Waals surface area contributed by atoms with Gasteiger partial charge in [-0.3, -0.25) is 5.32 Å². The number of hydrogen-bond donors (Lipinski definition) is 1. The van der Waals surface area contributed by atoms with Crippen molar-refractivity contribution in [3.8, 4) is 0 Å². The molecule has 2 saturated carbocycles. The van der Waals surface area contributed by atoms with Gasteiger partial charge in [0.15, 0.2) is 0 Å². The largest absolute Gasteiger partial charge is 0.357 e. The van der Waals surface area contributed by atoms with E-state index < -0.39 is 0 Å². The van der Waals surface area contributed by atoms with Gasteiger partial charge in [0.05, 0.1) is 6.10 Å². The molecule has 4 aliphatic rings. The van der Waals surface area contributed by atoms with Gasteiger partial charge in [0.2, 0.25) is 0 Å². The highest BCUT2D eigenvalue weighted by Crippen LogP contribution is 2.39. The van der Waals surface area contributed by atoms with Crippen LogP contribution < -0.4 is 5.32 Å². The molecule has 2 atom stereocenters. The van der Waals surface area contributed by atoms with Crippen molar-refractivity contribution in [2.45, 2.75) is 62.8 Å². The van der Waals surface area contributed by atoms with Gasteiger partial charge in [-0.25, -0.2) is 0 Å². The second-order valence-corrected chi connectivity index (χ2v) is 6.49. The van der Waals surface area contributed by atoms with Gasteiger partial charge >= 0.3 is 0 Å². The fraction of sp³-hybridized carbons (Fsp3) is 1.00. The summed E-state index contributed by atoms with van der Waals surface area (Å²) in [5.41, 5.74) is 0.0525. The van der Waals surface area contributed by atoms with Crippen LogP contribution in [0.15, 0.2) is 0 Å². The number of nitrogens with one attached hydrogen (secondary N) is 1. The summed E-state index contributed by atoms with van der Waals surface area (Å²) < 4.78 is 6.45. The molecule has 0 aromatic carbocycles. The van der Waals surface area contributed by atoms with Crippen molar-refractivity contribution in [3.63, 3.8) is 0 Å². The van der Waals surface area contributed by atoms with Gasteiger partial charge in [0.1, 0.15) is 5.72 Å². The van der Waals surface area contributed by atoms with Crippen molar-refractivity contribution in [3.05, 3.63) is 0 Å². The van der Waals surface area contributed by atoms with Gasteiger partial charge in [-0.15, -0.1) is 0 Å². The summed E-state index contributed by atoms with van der Waals surface area (Å²) in [6.45, 7) is 3.69. The first-order valence-electron chi connectivity index (χ1n) is 7.52. The van der Waals surface area contributed by atoms with Crippen LogP contribution in [0.4, 0.5) is 0 Å². The molecule has 4 rings (SSSR count). The van der Waals surface area contributed by atoms with Crippen molar-refractivity contribution in [1.29, 1.82) is 0 Å². The van der Waals surface area contributed by atoms with Crippen molar-refractivity contribution < 1.29 is 4.74 Å². The van der Waals surface area contributed by atoms with Crippen LogP contribution in [-0.4, -0.2) is 42.4 Å². The minimum Gasteiger partial charge on any atom is -0.357 e. The van der Waals surface area contributed by atoms with E-state index in [-0.39, 0.29) is 5.72 Å². The summed E-state index contributed by atoms with van der Waals surface area (Å²) in [6, 6.07) is 0.926. The molecule has 96 valence electrons. The molecule has 0 aromatic rings. The Bertz CT molecular complexity index is 295. The summed E-state index contributed by atoms with van der Waals surface area (Å²) in [5.74, 6) is 0.807. The summed E-state index contributed by atoms with van der Waals surface area (Å²) >= 11 is 0. The fourth-order valence-corrected chi connectivity index (χ4v) is 4.02. The minimum atomic E-state index is 0.0525. The second kappa shape index (κ2) is 3.94. The molecule has 0 amide bonds. The number of likely N-dealkylation sites (tertiary alicyclic amines) is 1. The molecule has 2 unspecified atom stereocenters. The Balaban J connectivity index is 1.40. The van der Waals surface area contributed by atoms with Gasteiger partial charge in [-0.2, -0.15) is 0 Å². The van der Waals surface area contributed by atoms with Crippen LogP contribution in [0.1, 0.15) is 44.9 Å². The normalized spacial score (nSPS) is 41.6. The maximum Gasteiger partial charge on any atom is 0.122 e. The molecule has 3 nitrogen and oxygen atoms in total. The topological polar surface area (TPSA) is 24.5 Å². The summed E-state index contributed by atoms with van der Waals surface area (Å²) in [5, 5.41) is 3.74. The highest BCUT2D eigenvalue weighted by Gasteiger charge is 2.46. The van der Waals surface area contributed by atoms with Gasteiger partial charge in [-0.05, 0) is 31.6 Å². The zero-order valence-electron chi connectivity index (χ0n) is 10.7. The molecule has 2 heterocycles. The van der Waals surface area contributed by atoms with Crippen LogP contribution in [0.3, 0.4) is 0 Å². The summed E-state index contributed by atoms with van der Waals surface area (Å²) in [6.07, 6.45) is 9.91. The van der Waals surface area contributed by atoms with E-state index in [1.807, 2.05) is 0 Å². The van der Waals surface area contributed by atoms with Gasteiger partial charge < -0.3 is 9.64 Å². The predicted molar refractivity (Wildman–Crippen MR) is 66.8 cm³/mol. The third kappa shape index (κ3) is 1.92. The van der Waals surface area contributed by atoms with E-state index in [9.17, 15) is 0 Å². The van der Waals surface area contributed by atoms with E-state index in [4.69, 9.17) is 4.74 Å². The maximum absolute atomic E-state index is 6.45. The van der Waals surface area contributed by atoms with Crippen LogP contribution in [-0.2, 0) is 4.74 Å². The van der Waals surface area contributed by atoms with Crippen molar-refractivity contribution in [2.24, 2.45) is 5.92 Å². The fourth-order valence-electron chi connectivity index (χ4n) is 4.02. The van der Waals surface area contributed by atoms with E-state index in [1.54, 1.807) is 0 Å². The Morgan fingerprint density at radius 1 is 1.06 bits per heavy atom. The number of nitrogens with zero attached hydrogens (tertiary/aromatic N) is 1. The molecule has 0 bridgehead atoms. The predicted octanol–water partition coefficient (Wildman–Crippen LogP) is 1.73. The van der Waals surface area contributed by atoms with Crippen LogP contribution in [0.5, 0.6) is 0 Å². The molecule has 4 fully saturated rings. The lowest BCUT2D eigenvalue weighted by molar-refractivity contribution is -0.179. The lowest BCUT2D eigenvalue weighted by Crippen LogP contribution is -2.61. The molecule has 3 heteroatoms. The molecular formula is C14H24N2O. The van der Waals surface area contributed by atoms with Crippen LogP contribution in [0.25, 0.3) is 0 Å². The monoisotopic (exact) mass is 236 g/mol. The highest BCUT2D eigenvalue weighted by molar-refractivity contribution is 4.97. The zero-order chi connectivity index (χ0) is 11.3. The summed E-state index contributed by atoms with van der Waals surface area (Å²) in [7, 11) is 0. The SMILES string of the molecule is C1CC2CNC3(CCN(C4CC4)CC3)OC2C1. The summed E-state index contributed by atoms with van der Waals surface area (Å²) in [4.78, 5) is 2.68. The Morgan fingerprint density at radius 2 is 1.88 bits per heavy atom. The molecule has 2 aliphatic carbocycles. The third-order valence-corrected chi connectivity index (χ3v) is 5.32. The third-order valence-electron chi connectivity index (χ3n) is 5.32. The second-order valence-electron chi connectivity index (χ2n) is 6.49. The Kier molecular flexibility index (Phi) is 2.50. The minimum absolute atomic E-state index is 0.0525. The van der Waals surface area contributed by atoms with E-state index >= 15 is 0 Å². The van der Waals surface area contributed by atoms with E-state index in [2.05, 4.69) is 10.2 Å².